The molecule has 0 spiro atoms. The van der Waals surface area contributed by atoms with Crippen molar-refractivity contribution in [3.05, 3.63) is 60.2 Å². The zero-order valence-electron chi connectivity index (χ0n) is 18.4. The molecule has 1 aliphatic carbocycles. The van der Waals surface area contributed by atoms with Gasteiger partial charge in [-0.15, -0.1) is 0 Å². The van der Waals surface area contributed by atoms with Crippen LogP contribution in [0, 0.1) is 5.92 Å². The van der Waals surface area contributed by atoms with Crippen molar-refractivity contribution < 1.29 is 19.1 Å². The van der Waals surface area contributed by atoms with Crippen LogP contribution in [-0.4, -0.2) is 58.3 Å². The highest BCUT2D eigenvalue weighted by Crippen LogP contribution is 2.41. The van der Waals surface area contributed by atoms with Gasteiger partial charge in [-0.25, -0.2) is 4.79 Å². The third-order valence-corrected chi connectivity index (χ3v) is 7.46. The molecule has 31 heavy (non-hydrogen) atoms. The summed E-state index contributed by atoms with van der Waals surface area (Å²) in [5, 5.41) is 11.6. The van der Waals surface area contributed by atoms with Crippen LogP contribution in [0.3, 0.4) is 0 Å². The molecule has 6 heteroatoms. The third-order valence-electron chi connectivity index (χ3n) is 7.46. The Morgan fingerprint density at radius 2 is 1.94 bits per heavy atom. The van der Waals surface area contributed by atoms with Crippen molar-refractivity contribution >= 4 is 5.97 Å². The van der Waals surface area contributed by atoms with Crippen LogP contribution in [0.4, 0.5) is 0 Å². The summed E-state index contributed by atoms with van der Waals surface area (Å²) >= 11 is 0. The number of likely N-dealkylation sites (tertiary alicyclic amines) is 1. The molecule has 1 aliphatic heterocycles. The fourth-order valence-electron chi connectivity index (χ4n) is 5.41. The number of aliphatic hydroxyl groups is 1. The van der Waals surface area contributed by atoms with Crippen molar-refractivity contribution in [3.8, 4) is 0 Å². The van der Waals surface area contributed by atoms with E-state index in [-0.39, 0.29) is 12.0 Å². The number of hydrogen-bond donors (Lipinski definition) is 1. The first-order valence-corrected chi connectivity index (χ1v) is 11.6. The highest BCUT2D eigenvalue weighted by Gasteiger charge is 2.48. The van der Waals surface area contributed by atoms with Crippen LogP contribution in [0.1, 0.15) is 49.8 Å². The molecular weight excluding hydrogens is 390 g/mol. The predicted molar refractivity (Wildman–Crippen MR) is 118 cm³/mol. The normalized spacial score (nSPS) is 25.9. The summed E-state index contributed by atoms with van der Waals surface area (Å²) in [5.41, 5.74) is 0.0850. The van der Waals surface area contributed by atoms with Gasteiger partial charge in [0.1, 0.15) is 12.6 Å². The Balaban J connectivity index is 1.43. The molecule has 2 unspecified atom stereocenters. The lowest BCUT2D eigenvalue weighted by atomic mass is 9.80. The molecule has 2 fully saturated rings. The minimum absolute atomic E-state index is 0.0801. The Labute approximate surface area is 184 Å². The van der Waals surface area contributed by atoms with Crippen LogP contribution in [0.2, 0.25) is 0 Å². The van der Waals surface area contributed by atoms with Crippen molar-refractivity contribution in [3.63, 3.8) is 0 Å². The van der Waals surface area contributed by atoms with E-state index < -0.39 is 11.6 Å². The summed E-state index contributed by atoms with van der Waals surface area (Å²) in [6, 6.07) is 9.58. The second kappa shape index (κ2) is 9.45. The second-order valence-corrected chi connectivity index (χ2v) is 9.38. The van der Waals surface area contributed by atoms with Crippen LogP contribution in [0.15, 0.2) is 48.9 Å². The monoisotopic (exact) mass is 424 g/mol. The number of ether oxygens (including phenoxy) is 1. The Morgan fingerprint density at radius 1 is 1.16 bits per heavy atom. The summed E-state index contributed by atoms with van der Waals surface area (Å²) in [6.45, 7) is 2.35. The average Bonchev–Trinajstić information content (AvgIpc) is 3.48. The zero-order chi connectivity index (χ0) is 21.7. The van der Waals surface area contributed by atoms with Crippen molar-refractivity contribution in [2.75, 3.05) is 26.7 Å². The topological polar surface area (TPSA) is 72.3 Å². The van der Waals surface area contributed by atoms with Gasteiger partial charge in [0.25, 0.3) is 0 Å². The fraction of sp³-hybridized carbons (Fsp3) is 0.560. The number of rotatable bonds is 8. The lowest BCUT2D eigenvalue weighted by Crippen LogP contribution is -2.52. The summed E-state index contributed by atoms with van der Waals surface area (Å²) in [6.07, 6.45) is 12.0. The van der Waals surface area contributed by atoms with Gasteiger partial charge in [-0.2, -0.15) is 0 Å². The van der Waals surface area contributed by atoms with Gasteiger partial charge in [-0.1, -0.05) is 43.2 Å². The van der Waals surface area contributed by atoms with Crippen molar-refractivity contribution in [2.24, 2.45) is 5.92 Å². The number of esters is 1. The largest absolute Gasteiger partial charge is 0.457 e. The molecule has 0 radical (unpaired) electrons. The molecule has 1 N–H and O–H groups in total. The second-order valence-electron chi connectivity index (χ2n) is 9.38. The summed E-state index contributed by atoms with van der Waals surface area (Å²) in [4.78, 5) is 21.8. The van der Waals surface area contributed by atoms with Crippen molar-refractivity contribution in [2.45, 2.75) is 56.6 Å². The maximum atomic E-state index is 13.3. The molecule has 166 valence electrons. The molecule has 1 saturated carbocycles. The van der Waals surface area contributed by atoms with Gasteiger partial charge in [-0.3, -0.25) is 9.97 Å². The van der Waals surface area contributed by atoms with Gasteiger partial charge in [0.05, 0.1) is 25.8 Å². The van der Waals surface area contributed by atoms with Crippen LogP contribution < -0.4 is 0 Å². The Kier molecular flexibility index (Phi) is 6.68. The molecule has 4 rings (SSSR count). The van der Waals surface area contributed by atoms with Crippen LogP contribution >= 0.6 is 0 Å². The predicted octanol–water partition coefficient (Wildman–Crippen LogP) is 3.25. The van der Waals surface area contributed by atoms with Gasteiger partial charge < -0.3 is 14.3 Å². The third kappa shape index (κ3) is 4.65. The minimum Gasteiger partial charge on any atom is -0.457 e. The molecule has 3 atom stereocenters. The highest BCUT2D eigenvalue weighted by molar-refractivity contribution is 5.81. The molecule has 6 nitrogen and oxygen atoms in total. The van der Waals surface area contributed by atoms with Gasteiger partial charge in [0, 0.05) is 43.8 Å². The molecule has 0 amide bonds. The Hall–Kier alpha value is -2.31. The first kappa shape index (κ1) is 21.9. The van der Waals surface area contributed by atoms with E-state index in [2.05, 4.69) is 17.0 Å². The SMILES string of the molecule is C[N+]1(CCc2cnccn2)CCC[C@@H]1COC(=O)C(O)(c1ccccc1)C1CCCC1. The minimum atomic E-state index is -1.56. The summed E-state index contributed by atoms with van der Waals surface area (Å²) < 4.78 is 6.73. The molecule has 2 aliphatic rings. The first-order valence-electron chi connectivity index (χ1n) is 11.6. The van der Waals surface area contributed by atoms with Gasteiger partial charge in [0.15, 0.2) is 5.60 Å². The van der Waals surface area contributed by atoms with Gasteiger partial charge in [0.2, 0.25) is 0 Å². The van der Waals surface area contributed by atoms with Gasteiger partial charge >= 0.3 is 5.97 Å². The molecule has 0 bridgehead atoms. The smallest absolute Gasteiger partial charge is 0.343 e. The summed E-state index contributed by atoms with van der Waals surface area (Å²) in [7, 11) is 2.24. The van der Waals surface area contributed by atoms with E-state index in [0.717, 1.165) is 68.2 Å². The maximum absolute atomic E-state index is 13.3. The van der Waals surface area contributed by atoms with E-state index in [4.69, 9.17) is 4.74 Å². The number of quaternary nitrogens is 1. The van der Waals surface area contributed by atoms with E-state index in [1.165, 1.54) is 0 Å². The van der Waals surface area contributed by atoms with E-state index in [1.807, 2.05) is 36.5 Å². The first-order chi connectivity index (χ1) is 15.0. The van der Waals surface area contributed by atoms with Crippen LogP contribution in [0.25, 0.3) is 0 Å². The maximum Gasteiger partial charge on any atom is 0.343 e. The Morgan fingerprint density at radius 3 is 2.65 bits per heavy atom. The van der Waals surface area contributed by atoms with E-state index >= 15 is 0 Å². The number of aromatic nitrogens is 2. The lowest BCUT2D eigenvalue weighted by molar-refractivity contribution is -0.921. The van der Waals surface area contributed by atoms with Crippen LogP contribution in [-0.2, 0) is 21.6 Å². The number of carbonyl (C=O) groups is 1. The number of benzene rings is 1. The van der Waals surface area contributed by atoms with Crippen LogP contribution in [0.5, 0.6) is 0 Å². The highest BCUT2D eigenvalue weighted by atomic mass is 16.6. The van der Waals surface area contributed by atoms with E-state index in [9.17, 15) is 9.90 Å². The van der Waals surface area contributed by atoms with Crippen molar-refractivity contribution in [1.82, 2.24) is 9.97 Å². The number of nitrogens with zero attached hydrogens (tertiary/aromatic N) is 3. The van der Waals surface area contributed by atoms with Gasteiger partial charge in [-0.05, 0) is 18.4 Å². The lowest BCUT2D eigenvalue weighted by Gasteiger charge is -2.37. The fourth-order valence-corrected chi connectivity index (χ4v) is 5.41. The standard InChI is InChI=1S/C25H34N3O3/c1-28(17-13-22-18-26-14-15-27-22)16-7-12-23(28)19-31-24(29)25(30,21-10-5-6-11-21)20-8-3-2-4-9-20/h2-4,8-9,14-15,18,21,23,30H,5-7,10-13,16-17,19H2,1H3/q+1/t23-,25?,28?/m1/s1. The number of carbonyl (C=O) groups excluding carboxylic acids is 1. The molecule has 1 aromatic heterocycles. The molecule has 1 aromatic carbocycles. The zero-order valence-corrected chi connectivity index (χ0v) is 18.4. The van der Waals surface area contributed by atoms with Crippen molar-refractivity contribution in [1.29, 1.82) is 0 Å². The van der Waals surface area contributed by atoms with E-state index in [0.29, 0.717) is 12.2 Å². The molecule has 2 heterocycles. The molecular formula is C25H34N3O3+. The average molecular weight is 425 g/mol. The number of hydrogen-bond acceptors (Lipinski definition) is 5. The number of likely N-dealkylation sites (N-methyl/N-ethyl adjacent to an activating group) is 1. The Bertz CT molecular complexity index is 857. The molecule has 2 aromatic rings. The summed E-state index contributed by atoms with van der Waals surface area (Å²) in [5.74, 6) is -0.568. The van der Waals surface area contributed by atoms with E-state index in [1.54, 1.807) is 12.4 Å². The quantitative estimate of drug-likeness (QED) is 0.520. The molecule has 1 saturated heterocycles.